The summed E-state index contributed by atoms with van der Waals surface area (Å²) in [4.78, 5) is 3.43. The van der Waals surface area contributed by atoms with Crippen LogP contribution >= 0.6 is 11.3 Å². The van der Waals surface area contributed by atoms with Crippen LogP contribution in [0.2, 0.25) is 0 Å². The Morgan fingerprint density at radius 1 is 1.52 bits per heavy atom. The Bertz CT molecular complexity index is 549. The predicted octanol–water partition coefficient (Wildman–Crippen LogP) is 1.69. The summed E-state index contributed by atoms with van der Waals surface area (Å²) in [7, 11) is 0. The van der Waals surface area contributed by atoms with E-state index in [1.807, 2.05) is 28.4 Å². The fourth-order valence-electron chi connectivity index (χ4n) is 2.53. The van der Waals surface area contributed by atoms with Gasteiger partial charge in [-0.05, 0) is 23.9 Å². The summed E-state index contributed by atoms with van der Waals surface area (Å²) >= 11 is 1.68. The van der Waals surface area contributed by atoms with E-state index >= 15 is 0 Å². The van der Waals surface area contributed by atoms with E-state index in [9.17, 15) is 5.11 Å². The van der Waals surface area contributed by atoms with Gasteiger partial charge in [-0.2, -0.15) is 5.10 Å². The number of β-amino-alcohol motifs (C(OH)–C–C–N with tert-alkyl or cyclic N) is 1. The summed E-state index contributed by atoms with van der Waals surface area (Å²) in [5.41, 5.74) is 1.19. The lowest BCUT2D eigenvalue weighted by atomic mass is 10.1. The minimum atomic E-state index is -0.426. The third kappa shape index (κ3) is 3.91. The third-order valence-corrected chi connectivity index (χ3v) is 4.50. The molecule has 0 spiro atoms. The molecule has 1 N–H and O–H groups in total. The Labute approximate surface area is 128 Å². The standard InChI is InChI=1S/C15H21N3O2S/c1-12-5-16-18(6-12)13-7-17(8-13)9-14(19)10-20-11-15-3-2-4-21-15/h2-6,13-14,19H,7-11H2,1H3. The molecule has 1 atom stereocenters. The van der Waals surface area contributed by atoms with E-state index in [4.69, 9.17) is 4.74 Å². The highest BCUT2D eigenvalue weighted by Crippen LogP contribution is 2.20. The zero-order valence-electron chi connectivity index (χ0n) is 12.2. The van der Waals surface area contributed by atoms with Gasteiger partial charge in [0.05, 0.1) is 31.6 Å². The summed E-state index contributed by atoms with van der Waals surface area (Å²) in [5, 5.41) is 16.4. The molecule has 1 saturated heterocycles. The second-order valence-electron chi connectivity index (χ2n) is 5.62. The maximum Gasteiger partial charge on any atom is 0.0900 e. The first-order valence-electron chi connectivity index (χ1n) is 7.22. The lowest BCUT2D eigenvalue weighted by molar-refractivity contribution is -0.0128. The van der Waals surface area contributed by atoms with Crippen LogP contribution in [0.3, 0.4) is 0 Å². The monoisotopic (exact) mass is 307 g/mol. The van der Waals surface area contributed by atoms with Crippen molar-refractivity contribution in [1.29, 1.82) is 0 Å². The third-order valence-electron chi connectivity index (χ3n) is 3.65. The zero-order valence-corrected chi connectivity index (χ0v) is 13.0. The Kier molecular flexibility index (Phi) is 4.70. The van der Waals surface area contributed by atoms with Gasteiger partial charge in [-0.3, -0.25) is 9.58 Å². The van der Waals surface area contributed by atoms with Crippen LogP contribution in [0.15, 0.2) is 29.9 Å². The van der Waals surface area contributed by atoms with Crippen LogP contribution < -0.4 is 0 Å². The van der Waals surface area contributed by atoms with Gasteiger partial charge in [0.15, 0.2) is 0 Å². The Morgan fingerprint density at radius 3 is 3.05 bits per heavy atom. The first-order valence-corrected chi connectivity index (χ1v) is 8.10. The molecule has 1 fully saturated rings. The van der Waals surface area contributed by atoms with E-state index in [0.29, 0.717) is 25.8 Å². The fourth-order valence-corrected chi connectivity index (χ4v) is 3.17. The molecule has 2 aromatic heterocycles. The summed E-state index contributed by atoms with van der Waals surface area (Å²) in [6, 6.07) is 4.50. The molecule has 0 aromatic carbocycles. The normalized spacial score (nSPS) is 17.8. The quantitative estimate of drug-likeness (QED) is 0.846. The number of aliphatic hydroxyl groups is 1. The van der Waals surface area contributed by atoms with Crippen LogP contribution in [0.4, 0.5) is 0 Å². The minimum absolute atomic E-state index is 0.389. The number of nitrogens with zero attached hydrogens (tertiary/aromatic N) is 3. The highest BCUT2D eigenvalue weighted by Gasteiger charge is 2.29. The van der Waals surface area contributed by atoms with Crippen molar-refractivity contribution in [2.24, 2.45) is 0 Å². The Hall–Kier alpha value is -1.21. The second-order valence-corrected chi connectivity index (χ2v) is 6.65. The van der Waals surface area contributed by atoms with Crippen LogP contribution in [0.1, 0.15) is 16.5 Å². The van der Waals surface area contributed by atoms with Crippen LogP contribution in [0.25, 0.3) is 0 Å². The number of hydrogen-bond acceptors (Lipinski definition) is 5. The topological polar surface area (TPSA) is 50.5 Å². The van der Waals surface area contributed by atoms with Gasteiger partial charge in [-0.15, -0.1) is 11.3 Å². The van der Waals surface area contributed by atoms with Crippen molar-refractivity contribution in [1.82, 2.24) is 14.7 Å². The molecule has 114 valence electrons. The number of thiophene rings is 1. The fraction of sp³-hybridized carbons (Fsp3) is 0.533. The molecule has 1 aliphatic rings. The summed E-state index contributed by atoms with van der Waals surface area (Å²) < 4.78 is 7.56. The number of rotatable bonds is 7. The molecule has 1 aliphatic heterocycles. The minimum Gasteiger partial charge on any atom is -0.389 e. The summed E-state index contributed by atoms with van der Waals surface area (Å²) in [6.45, 7) is 5.59. The Balaban J connectivity index is 1.32. The van der Waals surface area contributed by atoms with Crippen LogP contribution in [0, 0.1) is 6.92 Å². The number of aliphatic hydroxyl groups excluding tert-OH is 1. The summed E-state index contributed by atoms with van der Waals surface area (Å²) in [5.74, 6) is 0. The van der Waals surface area contributed by atoms with Gasteiger partial charge in [0.2, 0.25) is 0 Å². The maximum atomic E-state index is 9.99. The predicted molar refractivity (Wildman–Crippen MR) is 82.4 cm³/mol. The van der Waals surface area contributed by atoms with Gasteiger partial charge >= 0.3 is 0 Å². The SMILES string of the molecule is Cc1cnn(C2CN(CC(O)COCc3cccs3)C2)c1. The van der Waals surface area contributed by atoms with Crippen molar-refractivity contribution >= 4 is 11.3 Å². The molecule has 0 radical (unpaired) electrons. The molecule has 0 amide bonds. The van der Waals surface area contributed by atoms with Gasteiger partial charge in [-0.1, -0.05) is 6.07 Å². The van der Waals surface area contributed by atoms with E-state index < -0.39 is 6.10 Å². The van der Waals surface area contributed by atoms with E-state index in [0.717, 1.165) is 13.1 Å². The average molecular weight is 307 g/mol. The van der Waals surface area contributed by atoms with Crippen molar-refractivity contribution in [3.05, 3.63) is 40.3 Å². The Morgan fingerprint density at radius 2 is 2.38 bits per heavy atom. The lowest BCUT2D eigenvalue weighted by Crippen LogP contribution is -2.51. The summed E-state index contributed by atoms with van der Waals surface area (Å²) in [6.07, 6.45) is 3.53. The largest absolute Gasteiger partial charge is 0.389 e. The maximum absolute atomic E-state index is 9.99. The van der Waals surface area contributed by atoms with Crippen molar-refractivity contribution in [2.45, 2.75) is 25.7 Å². The van der Waals surface area contributed by atoms with E-state index in [1.165, 1.54) is 10.4 Å². The number of aryl methyl sites for hydroxylation is 1. The molecular formula is C15H21N3O2S. The first kappa shape index (κ1) is 14.7. The highest BCUT2D eigenvalue weighted by atomic mass is 32.1. The van der Waals surface area contributed by atoms with Gasteiger partial charge in [-0.25, -0.2) is 0 Å². The van der Waals surface area contributed by atoms with Gasteiger partial charge < -0.3 is 9.84 Å². The molecule has 2 aromatic rings. The van der Waals surface area contributed by atoms with Gasteiger partial charge in [0.1, 0.15) is 0 Å². The molecule has 6 heteroatoms. The molecule has 5 nitrogen and oxygen atoms in total. The average Bonchev–Trinajstić information content (AvgIpc) is 3.05. The van der Waals surface area contributed by atoms with E-state index in [2.05, 4.69) is 23.1 Å². The van der Waals surface area contributed by atoms with Crippen molar-refractivity contribution in [3.8, 4) is 0 Å². The number of ether oxygens (including phenoxy) is 1. The number of likely N-dealkylation sites (tertiary alicyclic amines) is 1. The molecule has 0 aliphatic carbocycles. The second kappa shape index (κ2) is 6.70. The lowest BCUT2D eigenvalue weighted by Gasteiger charge is -2.40. The zero-order chi connectivity index (χ0) is 14.7. The molecule has 3 heterocycles. The van der Waals surface area contributed by atoms with Crippen LogP contribution in [-0.4, -0.2) is 52.1 Å². The molecule has 21 heavy (non-hydrogen) atoms. The first-order chi connectivity index (χ1) is 10.2. The van der Waals surface area contributed by atoms with Crippen molar-refractivity contribution in [3.63, 3.8) is 0 Å². The molecule has 0 bridgehead atoms. The van der Waals surface area contributed by atoms with Crippen LogP contribution in [0.5, 0.6) is 0 Å². The highest BCUT2D eigenvalue weighted by molar-refractivity contribution is 7.09. The van der Waals surface area contributed by atoms with Gasteiger partial charge in [0, 0.05) is 30.7 Å². The molecular weight excluding hydrogens is 286 g/mol. The van der Waals surface area contributed by atoms with Crippen molar-refractivity contribution < 1.29 is 9.84 Å². The van der Waals surface area contributed by atoms with E-state index in [-0.39, 0.29) is 0 Å². The van der Waals surface area contributed by atoms with Crippen LogP contribution in [-0.2, 0) is 11.3 Å². The smallest absolute Gasteiger partial charge is 0.0900 e. The molecule has 1 unspecified atom stereocenters. The number of hydrogen-bond donors (Lipinski definition) is 1. The van der Waals surface area contributed by atoms with Gasteiger partial charge in [0.25, 0.3) is 0 Å². The number of aromatic nitrogens is 2. The molecule has 3 rings (SSSR count). The van der Waals surface area contributed by atoms with Crippen molar-refractivity contribution in [2.75, 3.05) is 26.2 Å². The molecule has 0 saturated carbocycles. The van der Waals surface area contributed by atoms with E-state index in [1.54, 1.807) is 11.3 Å².